The lowest BCUT2D eigenvalue weighted by atomic mass is 10.0. The zero-order valence-corrected chi connectivity index (χ0v) is 12.4. The molecule has 0 spiro atoms. The number of aliphatic hydroxyl groups excluding tert-OH is 1. The van der Waals surface area contributed by atoms with Crippen LogP contribution in [0.2, 0.25) is 0 Å². The minimum atomic E-state index is -0.147. The van der Waals surface area contributed by atoms with Crippen LogP contribution < -0.4 is 5.32 Å². The summed E-state index contributed by atoms with van der Waals surface area (Å²) in [6.07, 6.45) is 1.46. The van der Waals surface area contributed by atoms with Crippen LogP contribution in [-0.4, -0.2) is 17.6 Å². The first kappa shape index (κ1) is 16.3. The fraction of sp³-hybridized carbons (Fsp3) is 0.471. The minimum absolute atomic E-state index is 0.0365. The number of nitrogens with one attached hydrogen (secondary N) is 1. The van der Waals surface area contributed by atoms with Crippen molar-refractivity contribution >= 4 is 5.91 Å². The van der Waals surface area contributed by atoms with Gasteiger partial charge in [-0.15, -0.1) is 0 Å². The first-order chi connectivity index (χ1) is 9.52. The van der Waals surface area contributed by atoms with Gasteiger partial charge in [0.05, 0.1) is 6.04 Å². The minimum Gasteiger partial charge on any atom is -0.384 e. The third-order valence-corrected chi connectivity index (χ3v) is 3.02. The quantitative estimate of drug-likeness (QED) is 0.810. The molecule has 3 heteroatoms. The van der Waals surface area contributed by atoms with E-state index in [1.807, 2.05) is 31.2 Å². The Balaban J connectivity index is 2.63. The zero-order chi connectivity index (χ0) is 15.0. The molecule has 3 nitrogen and oxygen atoms in total. The molecule has 0 aliphatic carbocycles. The second kappa shape index (κ2) is 8.39. The molecular formula is C17H23NO2. The van der Waals surface area contributed by atoms with E-state index in [0.29, 0.717) is 12.3 Å². The van der Waals surface area contributed by atoms with Gasteiger partial charge in [0.15, 0.2) is 0 Å². The van der Waals surface area contributed by atoms with E-state index >= 15 is 0 Å². The molecule has 0 heterocycles. The fourth-order valence-electron chi connectivity index (χ4n) is 1.84. The Morgan fingerprint density at radius 3 is 2.75 bits per heavy atom. The van der Waals surface area contributed by atoms with Crippen LogP contribution in [-0.2, 0) is 4.79 Å². The number of hydrogen-bond donors (Lipinski definition) is 2. The summed E-state index contributed by atoms with van der Waals surface area (Å²) in [5.74, 6) is 6.11. The van der Waals surface area contributed by atoms with Crippen molar-refractivity contribution in [2.24, 2.45) is 5.92 Å². The molecule has 0 aliphatic heterocycles. The SMILES string of the molecule is CC(C)CCC(=O)NC(C)c1cccc(C#CCO)c1. The van der Waals surface area contributed by atoms with E-state index in [9.17, 15) is 4.79 Å². The van der Waals surface area contributed by atoms with Crippen molar-refractivity contribution in [1.29, 1.82) is 0 Å². The standard InChI is InChI=1S/C17H23NO2/c1-13(2)9-10-17(20)18-14(3)16-8-4-6-15(12-16)7-5-11-19/h4,6,8,12-14,19H,9-11H2,1-3H3,(H,18,20). The Kier molecular flexibility index (Phi) is 6.83. The van der Waals surface area contributed by atoms with Gasteiger partial charge >= 0.3 is 0 Å². The molecule has 1 atom stereocenters. The maximum absolute atomic E-state index is 11.8. The number of amides is 1. The van der Waals surface area contributed by atoms with Gasteiger partial charge in [-0.1, -0.05) is 37.8 Å². The first-order valence-corrected chi connectivity index (χ1v) is 7.02. The number of carbonyl (C=O) groups excluding carboxylic acids is 1. The van der Waals surface area contributed by atoms with Crippen molar-refractivity contribution in [2.45, 2.75) is 39.7 Å². The maximum Gasteiger partial charge on any atom is 0.220 e. The molecule has 0 aromatic heterocycles. The summed E-state index contributed by atoms with van der Waals surface area (Å²) in [6, 6.07) is 7.67. The van der Waals surface area contributed by atoms with E-state index < -0.39 is 0 Å². The van der Waals surface area contributed by atoms with E-state index in [1.165, 1.54) is 0 Å². The van der Waals surface area contributed by atoms with Crippen LogP contribution in [0.25, 0.3) is 0 Å². The molecule has 0 saturated carbocycles. The molecule has 2 N–H and O–H groups in total. The molecule has 0 saturated heterocycles. The molecule has 1 aromatic carbocycles. The molecule has 1 unspecified atom stereocenters. The van der Waals surface area contributed by atoms with Gasteiger partial charge < -0.3 is 10.4 Å². The Bertz CT molecular complexity index is 497. The van der Waals surface area contributed by atoms with Crippen molar-refractivity contribution < 1.29 is 9.90 Å². The normalized spacial score (nSPS) is 11.7. The molecule has 1 rings (SSSR count). The van der Waals surface area contributed by atoms with E-state index in [2.05, 4.69) is 31.0 Å². The van der Waals surface area contributed by atoms with E-state index in [-0.39, 0.29) is 18.6 Å². The summed E-state index contributed by atoms with van der Waals surface area (Å²) in [6.45, 7) is 6.04. The monoisotopic (exact) mass is 273 g/mol. The number of aliphatic hydroxyl groups is 1. The Labute approximate surface area is 121 Å². The van der Waals surface area contributed by atoms with Crippen molar-refractivity contribution in [3.63, 3.8) is 0 Å². The lowest BCUT2D eigenvalue weighted by molar-refractivity contribution is -0.122. The summed E-state index contributed by atoms with van der Waals surface area (Å²) < 4.78 is 0. The predicted molar refractivity (Wildman–Crippen MR) is 81.0 cm³/mol. The summed E-state index contributed by atoms with van der Waals surface area (Å²) in [7, 11) is 0. The van der Waals surface area contributed by atoms with E-state index in [1.54, 1.807) is 0 Å². The van der Waals surface area contributed by atoms with E-state index in [0.717, 1.165) is 17.5 Å². The Morgan fingerprint density at radius 1 is 1.35 bits per heavy atom. The van der Waals surface area contributed by atoms with Crippen molar-refractivity contribution in [3.8, 4) is 11.8 Å². The Hall–Kier alpha value is -1.79. The highest BCUT2D eigenvalue weighted by molar-refractivity contribution is 5.76. The maximum atomic E-state index is 11.8. The van der Waals surface area contributed by atoms with Gasteiger partial charge in [0.25, 0.3) is 0 Å². The van der Waals surface area contributed by atoms with Crippen LogP contribution in [0.15, 0.2) is 24.3 Å². The van der Waals surface area contributed by atoms with Crippen molar-refractivity contribution in [2.75, 3.05) is 6.61 Å². The largest absolute Gasteiger partial charge is 0.384 e. The highest BCUT2D eigenvalue weighted by atomic mass is 16.2. The topological polar surface area (TPSA) is 49.3 Å². The fourth-order valence-corrected chi connectivity index (χ4v) is 1.84. The van der Waals surface area contributed by atoms with Crippen LogP contribution in [0, 0.1) is 17.8 Å². The number of carbonyl (C=O) groups is 1. The number of rotatable bonds is 5. The highest BCUT2D eigenvalue weighted by Crippen LogP contribution is 2.14. The molecule has 1 aromatic rings. The van der Waals surface area contributed by atoms with Crippen LogP contribution in [0.4, 0.5) is 0 Å². The van der Waals surface area contributed by atoms with Crippen LogP contribution >= 0.6 is 0 Å². The van der Waals surface area contributed by atoms with Crippen LogP contribution in [0.1, 0.15) is 50.8 Å². The summed E-state index contributed by atoms with van der Waals surface area (Å²) in [5.41, 5.74) is 1.87. The summed E-state index contributed by atoms with van der Waals surface area (Å²) in [5, 5.41) is 11.7. The van der Waals surface area contributed by atoms with Gasteiger partial charge in [-0.25, -0.2) is 0 Å². The van der Waals surface area contributed by atoms with E-state index in [4.69, 9.17) is 5.11 Å². The summed E-state index contributed by atoms with van der Waals surface area (Å²) >= 11 is 0. The highest BCUT2D eigenvalue weighted by Gasteiger charge is 2.10. The smallest absolute Gasteiger partial charge is 0.220 e. The molecule has 20 heavy (non-hydrogen) atoms. The van der Waals surface area contributed by atoms with Gasteiger partial charge in [-0.3, -0.25) is 4.79 Å². The zero-order valence-electron chi connectivity index (χ0n) is 12.4. The number of hydrogen-bond acceptors (Lipinski definition) is 2. The molecule has 1 amide bonds. The third-order valence-electron chi connectivity index (χ3n) is 3.02. The lowest BCUT2D eigenvalue weighted by Crippen LogP contribution is -2.26. The van der Waals surface area contributed by atoms with Gasteiger partial charge in [-0.2, -0.15) is 0 Å². The molecule has 0 radical (unpaired) electrons. The second-order valence-electron chi connectivity index (χ2n) is 5.31. The van der Waals surface area contributed by atoms with Crippen LogP contribution in [0.3, 0.4) is 0 Å². The third kappa shape index (κ3) is 5.90. The second-order valence-corrected chi connectivity index (χ2v) is 5.31. The van der Waals surface area contributed by atoms with Crippen molar-refractivity contribution in [3.05, 3.63) is 35.4 Å². The Morgan fingerprint density at radius 2 is 2.10 bits per heavy atom. The molecule has 108 valence electrons. The van der Waals surface area contributed by atoms with Crippen molar-refractivity contribution in [1.82, 2.24) is 5.32 Å². The molecule has 0 bridgehead atoms. The summed E-state index contributed by atoms with van der Waals surface area (Å²) in [4.78, 5) is 11.8. The molecule has 0 aliphatic rings. The lowest BCUT2D eigenvalue weighted by Gasteiger charge is -2.15. The van der Waals surface area contributed by atoms with Gasteiger partial charge in [-0.05, 0) is 37.0 Å². The van der Waals surface area contributed by atoms with Crippen LogP contribution in [0.5, 0.6) is 0 Å². The predicted octanol–water partition coefficient (Wildman–Crippen LogP) is 2.64. The van der Waals surface area contributed by atoms with Gasteiger partial charge in [0, 0.05) is 12.0 Å². The van der Waals surface area contributed by atoms with Gasteiger partial charge in [0.2, 0.25) is 5.91 Å². The average Bonchev–Trinajstić information content (AvgIpc) is 2.43. The average molecular weight is 273 g/mol. The number of benzene rings is 1. The first-order valence-electron chi connectivity index (χ1n) is 7.02. The van der Waals surface area contributed by atoms with Gasteiger partial charge in [0.1, 0.15) is 6.61 Å². The molecular weight excluding hydrogens is 250 g/mol. The molecule has 0 fully saturated rings.